The molecule has 0 atom stereocenters. The minimum Gasteiger partial charge on any atom is -0.469 e. The van der Waals surface area contributed by atoms with E-state index in [1.54, 1.807) is 18.2 Å². The summed E-state index contributed by atoms with van der Waals surface area (Å²) in [4.78, 5) is 10.8. The summed E-state index contributed by atoms with van der Waals surface area (Å²) in [5.41, 5.74) is 0.901. The quantitative estimate of drug-likeness (QED) is 0.718. The Morgan fingerprint density at radius 2 is 2.21 bits per heavy atom. The molecule has 0 aliphatic heterocycles. The minimum atomic E-state index is -0.256. The van der Waals surface area contributed by atoms with Gasteiger partial charge >= 0.3 is 5.97 Å². The summed E-state index contributed by atoms with van der Waals surface area (Å²) in [5.74, 6) is -0.256. The standard InChI is InChI=1S/C11H11ClO2/c1-14-11(13)8-4-6-9-5-2-3-7-10(9)12/h2-7H,8H2,1H3/b6-4+. The number of halogens is 1. The zero-order chi connectivity index (χ0) is 10.4. The normalized spacial score (nSPS) is 10.4. The van der Waals surface area contributed by atoms with E-state index in [0.717, 1.165) is 5.56 Å². The van der Waals surface area contributed by atoms with Crippen LogP contribution in [-0.2, 0) is 9.53 Å². The summed E-state index contributed by atoms with van der Waals surface area (Å²) in [6.45, 7) is 0. The summed E-state index contributed by atoms with van der Waals surface area (Å²) in [6.07, 6.45) is 3.80. The number of carbonyl (C=O) groups excluding carboxylic acids is 1. The first-order valence-electron chi connectivity index (χ1n) is 4.22. The lowest BCUT2D eigenvalue weighted by atomic mass is 10.2. The highest BCUT2D eigenvalue weighted by atomic mass is 35.5. The summed E-state index contributed by atoms with van der Waals surface area (Å²) in [7, 11) is 1.37. The highest BCUT2D eigenvalue weighted by molar-refractivity contribution is 6.32. The fourth-order valence-corrected chi connectivity index (χ4v) is 1.17. The molecule has 0 aliphatic rings. The van der Waals surface area contributed by atoms with Crippen molar-refractivity contribution in [1.82, 2.24) is 0 Å². The Labute approximate surface area is 88.1 Å². The predicted molar refractivity (Wildman–Crippen MR) is 57.1 cm³/mol. The lowest BCUT2D eigenvalue weighted by Crippen LogP contribution is -1.96. The molecule has 1 aromatic rings. The summed E-state index contributed by atoms with van der Waals surface area (Å²) in [5, 5.41) is 0.675. The minimum absolute atomic E-state index is 0.256. The van der Waals surface area contributed by atoms with Gasteiger partial charge in [0.25, 0.3) is 0 Å². The lowest BCUT2D eigenvalue weighted by molar-refractivity contribution is -0.139. The van der Waals surface area contributed by atoms with Crippen molar-refractivity contribution < 1.29 is 9.53 Å². The second-order valence-corrected chi connectivity index (χ2v) is 3.11. The van der Waals surface area contributed by atoms with Gasteiger partial charge in [-0.05, 0) is 11.6 Å². The highest BCUT2D eigenvalue weighted by Gasteiger charge is 1.96. The predicted octanol–water partition coefficient (Wildman–Crippen LogP) is 2.92. The van der Waals surface area contributed by atoms with Gasteiger partial charge in [0.15, 0.2) is 0 Å². The van der Waals surface area contributed by atoms with Gasteiger partial charge in [-0.15, -0.1) is 0 Å². The van der Waals surface area contributed by atoms with Gasteiger partial charge in [-0.25, -0.2) is 0 Å². The lowest BCUT2D eigenvalue weighted by Gasteiger charge is -1.96. The van der Waals surface area contributed by atoms with E-state index in [-0.39, 0.29) is 12.4 Å². The molecular weight excluding hydrogens is 200 g/mol. The fourth-order valence-electron chi connectivity index (χ4n) is 0.976. The molecule has 0 fully saturated rings. The summed E-state index contributed by atoms with van der Waals surface area (Å²) in [6, 6.07) is 7.44. The third kappa shape index (κ3) is 3.23. The maximum Gasteiger partial charge on any atom is 0.309 e. The number of rotatable bonds is 3. The van der Waals surface area contributed by atoms with E-state index in [9.17, 15) is 4.79 Å². The van der Waals surface area contributed by atoms with Crippen LogP contribution < -0.4 is 0 Å². The molecule has 0 spiro atoms. The van der Waals surface area contributed by atoms with Crippen molar-refractivity contribution in [3.05, 3.63) is 40.9 Å². The third-order valence-electron chi connectivity index (χ3n) is 1.71. The maximum atomic E-state index is 10.8. The van der Waals surface area contributed by atoms with Crippen LogP contribution in [0.4, 0.5) is 0 Å². The summed E-state index contributed by atoms with van der Waals surface area (Å²) >= 11 is 5.91. The number of carbonyl (C=O) groups is 1. The topological polar surface area (TPSA) is 26.3 Å². The average Bonchev–Trinajstić information content (AvgIpc) is 2.20. The monoisotopic (exact) mass is 210 g/mol. The van der Waals surface area contributed by atoms with Gasteiger partial charge in [0.2, 0.25) is 0 Å². The van der Waals surface area contributed by atoms with E-state index in [1.807, 2.05) is 18.2 Å². The zero-order valence-electron chi connectivity index (χ0n) is 7.87. The van der Waals surface area contributed by atoms with Crippen LogP contribution >= 0.6 is 11.6 Å². The average molecular weight is 211 g/mol. The van der Waals surface area contributed by atoms with E-state index < -0.39 is 0 Å². The van der Waals surface area contributed by atoms with Crippen molar-refractivity contribution in [2.75, 3.05) is 7.11 Å². The van der Waals surface area contributed by atoms with Crippen molar-refractivity contribution in [2.45, 2.75) is 6.42 Å². The Balaban J connectivity index is 2.60. The van der Waals surface area contributed by atoms with Crippen LogP contribution in [0.25, 0.3) is 6.08 Å². The van der Waals surface area contributed by atoms with E-state index in [4.69, 9.17) is 11.6 Å². The van der Waals surface area contributed by atoms with Gasteiger partial charge in [0.05, 0.1) is 13.5 Å². The Morgan fingerprint density at radius 1 is 1.50 bits per heavy atom. The van der Waals surface area contributed by atoms with Gasteiger partial charge < -0.3 is 4.74 Å². The first kappa shape index (κ1) is 10.8. The molecule has 0 saturated carbocycles. The molecule has 3 heteroatoms. The van der Waals surface area contributed by atoms with E-state index >= 15 is 0 Å². The Morgan fingerprint density at radius 3 is 2.86 bits per heavy atom. The van der Waals surface area contributed by atoms with Crippen LogP contribution in [0.2, 0.25) is 5.02 Å². The number of esters is 1. The molecule has 0 heterocycles. The zero-order valence-corrected chi connectivity index (χ0v) is 8.62. The molecule has 0 aliphatic carbocycles. The molecule has 0 amide bonds. The summed E-state index contributed by atoms with van der Waals surface area (Å²) < 4.78 is 4.50. The molecule has 0 aromatic heterocycles. The molecule has 14 heavy (non-hydrogen) atoms. The number of methoxy groups -OCH3 is 1. The molecular formula is C11H11ClO2. The van der Waals surface area contributed by atoms with Crippen LogP contribution in [0.5, 0.6) is 0 Å². The second-order valence-electron chi connectivity index (χ2n) is 2.70. The van der Waals surface area contributed by atoms with Gasteiger partial charge in [-0.1, -0.05) is 42.0 Å². The van der Waals surface area contributed by atoms with Crippen LogP contribution in [-0.4, -0.2) is 13.1 Å². The molecule has 74 valence electrons. The van der Waals surface area contributed by atoms with Crippen molar-refractivity contribution >= 4 is 23.6 Å². The van der Waals surface area contributed by atoms with Crippen molar-refractivity contribution in [2.24, 2.45) is 0 Å². The third-order valence-corrected chi connectivity index (χ3v) is 2.06. The van der Waals surface area contributed by atoms with Gasteiger partial charge in [0, 0.05) is 5.02 Å². The Bertz CT molecular complexity index is 345. The second kappa shape index (κ2) is 5.45. The molecule has 2 nitrogen and oxygen atoms in total. The Kier molecular flexibility index (Phi) is 4.20. The van der Waals surface area contributed by atoms with Crippen LogP contribution in [0, 0.1) is 0 Å². The molecule has 0 radical (unpaired) electrons. The van der Waals surface area contributed by atoms with Crippen molar-refractivity contribution in [3.63, 3.8) is 0 Å². The van der Waals surface area contributed by atoms with Gasteiger partial charge in [-0.2, -0.15) is 0 Å². The van der Waals surface area contributed by atoms with Crippen LogP contribution in [0.3, 0.4) is 0 Å². The molecule has 0 bridgehead atoms. The van der Waals surface area contributed by atoms with Crippen molar-refractivity contribution in [3.8, 4) is 0 Å². The Hall–Kier alpha value is -1.28. The number of benzene rings is 1. The van der Waals surface area contributed by atoms with Gasteiger partial charge in [-0.3, -0.25) is 4.79 Å². The number of hydrogen-bond acceptors (Lipinski definition) is 2. The first-order chi connectivity index (χ1) is 6.74. The van der Waals surface area contributed by atoms with Crippen molar-refractivity contribution in [1.29, 1.82) is 0 Å². The fraction of sp³-hybridized carbons (Fsp3) is 0.182. The molecule has 0 N–H and O–H groups in total. The molecule has 1 aromatic carbocycles. The maximum absolute atomic E-state index is 10.8. The van der Waals surface area contributed by atoms with E-state index in [1.165, 1.54) is 7.11 Å². The van der Waals surface area contributed by atoms with E-state index in [0.29, 0.717) is 5.02 Å². The highest BCUT2D eigenvalue weighted by Crippen LogP contribution is 2.16. The molecule has 0 unspecified atom stereocenters. The van der Waals surface area contributed by atoms with Crippen LogP contribution in [0.1, 0.15) is 12.0 Å². The number of ether oxygens (including phenoxy) is 1. The smallest absolute Gasteiger partial charge is 0.309 e. The molecule has 1 rings (SSSR count). The van der Waals surface area contributed by atoms with E-state index in [2.05, 4.69) is 4.74 Å². The largest absolute Gasteiger partial charge is 0.469 e. The molecule has 0 saturated heterocycles. The van der Waals surface area contributed by atoms with Crippen LogP contribution in [0.15, 0.2) is 30.3 Å². The number of hydrogen-bond donors (Lipinski definition) is 0. The SMILES string of the molecule is COC(=O)C/C=C/c1ccccc1Cl. The van der Waals surface area contributed by atoms with Gasteiger partial charge in [0.1, 0.15) is 0 Å². The first-order valence-corrected chi connectivity index (χ1v) is 4.59.